The van der Waals surface area contributed by atoms with Gasteiger partial charge in [-0.25, -0.2) is 8.42 Å². The third-order valence-corrected chi connectivity index (χ3v) is 6.91. The van der Waals surface area contributed by atoms with Crippen molar-refractivity contribution in [3.05, 3.63) is 58.9 Å². The van der Waals surface area contributed by atoms with Crippen molar-refractivity contribution in [1.29, 1.82) is 5.26 Å². The fraction of sp³-hybridized carbons (Fsp3) is 0.350. The number of benzene rings is 1. The summed E-state index contributed by atoms with van der Waals surface area (Å²) in [6.45, 7) is 4.54. The van der Waals surface area contributed by atoms with E-state index in [4.69, 9.17) is 16.9 Å². The first-order valence-corrected chi connectivity index (χ1v) is 11.0. The van der Waals surface area contributed by atoms with E-state index in [1.165, 1.54) is 27.4 Å². The second kappa shape index (κ2) is 10.3. The van der Waals surface area contributed by atoms with Crippen molar-refractivity contribution >= 4 is 27.5 Å². The Balaban J connectivity index is 2.40. The number of nitrogens with zero attached hydrogens (tertiary/aromatic N) is 4. The number of carbonyl (C=O) groups excluding carboxylic acids is 1. The molecule has 0 saturated carbocycles. The van der Waals surface area contributed by atoms with Gasteiger partial charge >= 0.3 is 0 Å². The number of halogens is 1. The van der Waals surface area contributed by atoms with E-state index < -0.39 is 10.0 Å². The number of pyridine rings is 1. The molecule has 0 saturated heterocycles. The molecule has 0 radical (unpaired) electrons. The molecule has 2 aromatic rings. The predicted molar refractivity (Wildman–Crippen MR) is 111 cm³/mol. The third-order valence-electron chi connectivity index (χ3n) is 4.38. The highest BCUT2D eigenvalue weighted by atomic mass is 35.5. The normalized spacial score (nSPS) is 11.3. The van der Waals surface area contributed by atoms with E-state index in [-0.39, 0.29) is 40.9 Å². The van der Waals surface area contributed by atoms with Gasteiger partial charge in [0.1, 0.15) is 4.90 Å². The van der Waals surface area contributed by atoms with Crippen molar-refractivity contribution < 1.29 is 13.2 Å². The van der Waals surface area contributed by atoms with Crippen LogP contribution in [0.4, 0.5) is 0 Å². The van der Waals surface area contributed by atoms with Crippen LogP contribution in [0, 0.1) is 11.3 Å². The lowest BCUT2D eigenvalue weighted by Gasteiger charge is -2.23. The fourth-order valence-electron chi connectivity index (χ4n) is 2.87. The molecule has 1 amide bonds. The minimum absolute atomic E-state index is 0.0595. The largest absolute Gasteiger partial charge is 0.333 e. The van der Waals surface area contributed by atoms with Gasteiger partial charge in [0, 0.05) is 44.1 Å². The van der Waals surface area contributed by atoms with Crippen LogP contribution in [0.25, 0.3) is 0 Å². The number of hydrogen-bond donors (Lipinski definition) is 0. The standard InChI is InChI=1S/C20H23ClN4O3S/c1-3-25(4-2)29(27,28)19-13-17(8-9-18(19)21)20(26)24(12-6-10-22)15-16-7-5-11-23-14-16/h5,7-9,11,13-14H,3-4,6,12,15H2,1-2H3. The number of hydrogen-bond acceptors (Lipinski definition) is 5. The zero-order valence-electron chi connectivity index (χ0n) is 16.4. The quantitative estimate of drug-likeness (QED) is 0.603. The summed E-state index contributed by atoms with van der Waals surface area (Å²) in [5, 5.41) is 8.99. The van der Waals surface area contributed by atoms with Crippen LogP contribution in [0.2, 0.25) is 5.02 Å². The molecular formula is C20H23ClN4O3S. The molecule has 29 heavy (non-hydrogen) atoms. The van der Waals surface area contributed by atoms with E-state index in [0.717, 1.165) is 5.56 Å². The van der Waals surface area contributed by atoms with Crippen molar-refractivity contribution in [2.75, 3.05) is 19.6 Å². The van der Waals surface area contributed by atoms with Gasteiger partial charge in [0.2, 0.25) is 10.0 Å². The lowest BCUT2D eigenvalue weighted by atomic mass is 10.1. The zero-order valence-corrected chi connectivity index (χ0v) is 17.9. The Kier molecular flexibility index (Phi) is 8.14. The monoisotopic (exact) mass is 434 g/mol. The van der Waals surface area contributed by atoms with Crippen LogP contribution in [-0.4, -0.2) is 48.1 Å². The summed E-state index contributed by atoms with van der Waals surface area (Å²) in [6.07, 6.45) is 3.43. The second-order valence-corrected chi connectivity index (χ2v) is 8.54. The van der Waals surface area contributed by atoms with Crippen LogP contribution >= 0.6 is 11.6 Å². The number of sulfonamides is 1. The lowest BCUT2D eigenvalue weighted by Crippen LogP contribution is -2.33. The van der Waals surface area contributed by atoms with Gasteiger partial charge in [-0.2, -0.15) is 9.57 Å². The molecule has 0 fully saturated rings. The summed E-state index contributed by atoms with van der Waals surface area (Å²) in [5.41, 5.74) is 1.01. The van der Waals surface area contributed by atoms with Crippen LogP contribution < -0.4 is 0 Å². The summed E-state index contributed by atoms with van der Waals surface area (Å²) < 4.78 is 27.1. The van der Waals surface area contributed by atoms with E-state index in [0.29, 0.717) is 13.1 Å². The smallest absolute Gasteiger partial charge is 0.254 e. The molecule has 0 atom stereocenters. The molecule has 0 aliphatic heterocycles. The number of aromatic nitrogens is 1. The number of amides is 1. The Labute approximate surface area is 176 Å². The van der Waals surface area contributed by atoms with Gasteiger partial charge in [-0.1, -0.05) is 31.5 Å². The maximum atomic E-state index is 13.1. The van der Waals surface area contributed by atoms with E-state index in [2.05, 4.69) is 4.98 Å². The van der Waals surface area contributed by atoms with Crippen molar-refractivity contribution in [2.24, 2.45) is 0 Å². The molecule has 0 unspecified atom stereocenters. The summed E-state index contributed by atoms with van der Waals surface area (Å²) in [4.78, 5) is 18.5. The molecular weight excluding hydrogens is 412 g/mol. The first-order valence-electron chi connectivity index (χ1n) is 9.20. The summed E-state index contributed by atoms with van der Waals surface area (Å²) in [6, 6.07) is 9.84. The second-order valence-electron chi connectivity index (χ2n) is 6.23. The van der Waals surface area contributed by atoms with E-state index in [1.807, 2.05) is 12.1 Å². The number of rotatable bonds is 9. The zero-order chi connectivity index (χ0) is 21.4. The van der Waals surface area contributed by atoms with Crippen LogP contribution in [0.15, 0.2) is 47.6 Å². The third kappa shape index (κ3) is 5.54. The van der Waals surface area contributed by atoms with Crippen molar-refractivity contribution in [3.8, 4) is 6.07 Å². The van der Waals surface area contributed by atoms with E-state index in [1.54, 1.807) is 32.3 Å². The Morgan fingerprint density at radius 3 is 2.55 bits per heavy atom. The molecule has 1 heterocycles. The van der Waals surface area contributed by atoms with Gasteiger partial charge in [-0.05, 0) is 29.8 Å². The first-order chi connectivity index (χ1) is 13.8. The molecule has 7 nitrogen and oxygen atoms in total. The molecule has 1 aromatic carbocycles. The Hall–Kier alpha value is -2.47. The van der Waals surface area contributed by atoms with Gasteiger partial charge < -0.3 is 4.90 Å². The number of nitriles is 1. The SMILES string of the molecule is CCN(CC)S(=O)(=O)c1cc(C(=O)N(CCC#N)Cc2cccnc2)ccc1Cl. The molecule has 9 heteroatoms. The Morgan fingerprint density at radius 2 is 1.97 bits per heavy atom. The highest BCUT2D eigenvalue weighted by Crippen LogP contribution is 2.26. The molecule has 154 valence electrons. The van der Waals surface area contributed by atoms with Gasteiger partial charge in [-0.15, -0.1) is 0 Å². The predicted octanol–water partition coefficient (Wildman–Crippen LogP) is 3.32. The van der Waals surface area contributed by atoms with Crippen molar-refractivity contribution in [2.45, 2.75) is 31.7 Å². The molecule has 0 bridgehead atoms. The molecule has 1 aromatic heterocycles. The minimum Gasteiger partial charge on any atom is -0.333 e. The minimum atomic E-state index is -3.82. The topological polar surface area (TPSA) is 94.4 Å². The van der Waals surface area contributed by atoms with Crippen LogP contribution in [0.1, 0.15) is 36.2 Å². The van der Waals surface area contributed by atoms with Crippen molar-refractivity contribution in [3.63, 3.8) is 0 Å². The Morgan fingerprint density at radius 1 is 1.24 bits per heavy atom. The van der Waals surface area contributed by atoms with Crippen LogP contribution in [0.3, 0.4) is 0 Å². The maximum Gasteiger partial charge on any atom is 0.254 e. The maximum absolute atomic E-state index is 13.1. The molecule has 0 aliphatic carbocycles. The van der Waals surface area contributed by atoms with Crippen LogP contribution in [0.5, 0.6) is 0 Å². The summed E-state index contributed by atoms with van der Waals surface area (Å²) in [5.74, 6) is -0.378. The molecule has 0 aliphatic rings. The molecule has 0 N–H and O–H groups in total. The van der Waals surface area contributed by atoms with Gasteiger partial charge in [0.25, 0.3) is 5.91 Å². The lowest BCUT2D eigenvalue weighted by molar-refractivity contribution is 0.0746. The molecule has 2 rings (SSSR count). The fourth-order valence-corrected chi connectivity index (χ4v) is 4.83. The van der Waals surface area contributed by atoms with Gasteiger partial charge in [0.05, 0.1) is 17.5 Å². The van der Waals surface area contributed by atoms with Gasteiger partial charge in [-0.3, -0.25) is 9.78 Å². The average Bonchev–Trinajstić information content (AvgIpc) is 2.72. The number of carbonyl (C=O) groups is 1. The highest BCUT2D eigenvalue weighted by molar-refractivity contribution is 7.89. The summed E-state index contributed by atoms with van der Waals surface area (Å²) >= 11 is 6.15. The average molecular weight is 435 g/mol. The Bertz CT molecular complexity index is 987. The highest BCUT2D eigenvalue weighted by Gasteiger charge is 2.26. The van der Waals surface area contributed by atoms with E-state index >= 15 is 0 Å². The van der Waals surface area contributed by atoms with Crippen molar-refractivity contribution in [1.82, 2.24) is 14.2 Å². The summed E-state index contributed by atoms with van der Waals surface area (Å²) in [7, 11) is -3.82. The van der Waals surface area contributed by atoms with Crippen LogP contribution in [-0.2, 0) is 16.6 Å². The first kappa shape index (κ1) is 22.8. The van der Waals surface area contributed by atoms with Gasteiger partial charge in [0.15, 0.2) is 0 Å². The molecule has 0 spiro atoms. The van der Waals surface area contributed by atoms with E-state index in [9.17, 15) is 13.2 Å².